The van der Waals surface area contributed by atoms with E-state index < -0.39 is 22.6 Å². The second kappa shape index (κ2) is 7.86. The Bertz CT molecular complexity index is 1160. The van der Waals surface area contributed by atoms with Gasteiger partial charge in [0.2, 0.25) is 0 Å². The Hall–Kier alpha value is -3.69. The van der Waals surface area contributed by atoms with Gasteiger partial charge in [-0.15, -0.1) is 0 Å². The average Bonchev–Trinajstić information content (AvgIpc) is 2.77. The number of hydrogen-bond donors (Lipinski definition) is 0. The van der Waals surface area contributed by atoms with Crippen LogP contribution >= 0.6 is 0 Å². The van der Waals surface area contributed by atoms with Gasteiger partial charge in [-0.25, -0.2) is 0 Å². The van der Waals surface area contributed by atoms with E-state index >= 15 is 0 Å². The first-order chi connectivity index (χ1) is 14.8. The number of benzene rings is 2. The third kappa shape index (κ3) is 3.88. The van der Waals surface area contributed by atoms with Crippen LogP contribution in [0.15, 0.2) is 54.7 Å². The van der Waals surface area contributed by atoms with Gasteiger partial charge in [-0.1, -0.05) is 12.1 Å². The molecule has 31 heavy (non-hydrogen) atoms. The summed E-state index contributed by atoms with van der Waals surface area (Å²) in [6.07, 6.45) is -3.07. The number of piperazine rings is 1. The Balaban J connectivity index is 1.56. The summed E-state index contributed by atoms with van der Waals surface area (Å²) in [5, 5.41) is 11.7. The van der Waals surface area contributed by atoms with Crippen molar-refractivity contribution in [2.45, 2.75) is 6.18 Å². The summed E-state index contributed by atoms with van der Waals surface area (Å²) in [6, 6.07) is 11.0. The van der Waals surface area contributed by atoms with Gasteiger partial charge in [0.15, 0.2) is 0 Å². The van der Waals surface area contributed by atoms with Crippen LogP contribution in [0.4, 0.5) is 24.5 Å². The highest BCUT2D eigenvalue weighted by Crippen LogP contribution is 2.34. The summed E-state index contributed by atoms with van der Waals surface area (Å²) in [5.74, 6) is -0.667. The normalized spacial score (nSPS) is 14.7. The number of nitro groups is 1. The zero-order valence-electron chi connectivity index (χ0n) is 16.2. The molecule has 1 aromatic heterocycles. The molecule has 160 valence electrons. The average molecular weight is 430 g/mol. The molecule has 10 heteroatoms. The molecule has 3 aromatic rings. The molecule has 0 radical (unpaired) electrons. The van der Waals surface area contributed by atoms with E-state index in [4.69, 9.17) is 0 Å². The number of alkyl halides is 3. The van der Waals surface area contributed by atoms with Crippen molar-refractivity contribution in [1.82, 2.24) is 9.88 Å². The molecule has 1 fully saturated rings. The number of carbonyl (C=O) groups is 1. The zero-order chi connectivity index (χ0) is 22.2. The van der Waals surface area contributed by atoms with E-state index in [2.05, 4.69) is 4.98 Å². The number of amides is 1. The molecule has 0 spiro atoms. The molecule has 4 rings (SSSR count). The largest absolute Gasteiger partial charge is 0.417 e. The number of halogens is 3. The third-order valence-electron chi connectivity index (χ3n) is 5.29. The van der Waals surface area contributed by atoms with Gasteiger partial charge in [-0.2, -0.15) is 13.2 Å². The molecular weight excluding hydrogens is 413 g/mol. The molecule has 2 heterocycles. The van der Waals surface area contributed by atoms with Crippen LogP contribution in [0.5, 0.6) is 0 Å². The number of nitro benzene ring substituents is 1. The molecule has 0 N–H and O–H groups in total. The van der Waals surface area contributed by atoms with E-state index in [-0.39, 0.29) is 24.3 Å². The van der Waals surface area contributed by atoms with Gasteiger partial charge < -0.3 is 9.80 Å². The van der Waals surface area contributed by atoms with Crippen molar-refractivity contribution in [2.24, 2.45) is 0 Å². The monoisotopic (exact) mass is 430 g/mol. The number of non-ortho nitro benzene ring substituents is 1. The molecule has 0 atom stereocenters. The highest BCUT2D eigenvalue weighted by Gasteiger charge is 2.36. The van der Waals surface area contributed by atoms with Crippen LogP contribution in [0.3, 0.4) is 0 Å². The number of fused-ring (bicyclic) bond motifs is 1. The first-order valence-electron chi connectivity index (χ1n) is 9.50. The fourth-order valence-corrected chi connectivity index (χ4v) is 3.79. The van der Waals surface area contributed by atoms with Crippen LogP contribution in [0.25, 0.3) is 10.9 Å². The minimum absolute atomic E-state index is 0.0515. The van der Waals surface area contributed by atoms with Gasteiger partial charge in [-0.3, -0.25) is 19.9 Å². The SMILES string of the molecule is O=C(c1ccccc1C(F)(F)F)N1CCN(c2ccc([N+](=O)[O-])c3cccnc23)CC1. The highest BCUT2D eigenvalue weighted by molar-refractivity contribution is 5.98. The number of rotatable bonds is 3. The summed E-state index contributed by atoms with van der Waals surface area (Å²) in [6.45, 7) is 1.17. The van der Waals surface area contributed by atoms with Gasteiger partial charge >= 0.3 is 6.18 Å². The van der Waals surface area contributed by atoms with E-state index in [0.717, 1.165) is 6.07 Å². The highest BCUT2D eigenvalue weighted by atomic mass is 19.4. The van der Waals surface area contributed by atoms with Crippen molar-refractivity contribution in [3.05, 3.63) is 76.0 Å². The van der Waals surface area contributed by atoms with Gasteiger partial charge in [0.05, 0.1) is 27.1 Å². The zero-order valence-corrected chi connectivity index (χ0v) is 16.2. The van der Waals surface area contributed by atoms with Crippen molar-refractivity contribution >= 4 is 28.2 Å². The van der Waals surface area contributed by atoms with Gasteiger partial charge in [0, 0.05) is 38.4 Å². The summed E-state index contributed by atoms with van der Waals surface area (Å²) in [5.41, 5.74) is -0.216. The van der Waals surface area contributed by atoms with Crippen LogP contribution in [-0.2, 0) is 6.18 Å². The standard InChI is InChI=1S/C21H17F3N4O3/c22-21(23,24)16-6-2-1-4-14(16)20(29)27-12-10-26(11-13-27)18-8-7-17(28(30)31)15-5-3-9-25-19(15)18/h1-9H,10-13H2. The predicted molar refractivity (Wildman–Crippen MR) is 108 cm³/mol. The molecule has 1 amide bonds. The summed E-state index contributed by atoms with van der Waals surface area (Å²) in [4.78, 5) is 31.2. The maximum Gasteiger partial charge on any atom is 0.417 e. The Morgan fingerprint density at radius 3 is 2.39 bits per heavy atom. The number of nitrogens with zero attached hydrogens (tertiary/aromatic N) is 4. The molecule has 0 unspecified atom stereocenters. The van der Waals surface area contributed by atoms with Crippen molar-refractivity contribution in [3.8, 4) is 0 Å². The van der Waals surface area contributed by atoms with E-state index in [9.17, 15) is 28.1 Å². The van der Waals surface area contributed by atoms with Crippen LogP contribution in [0.1, 0.15) is 15.9 Å². The number of pyridine rings is 1. The Morgan fingerprint density at radius 2 is 1.71 bits per heavy atom. The first kappa shape index (κ1) is 20.6. The Kier molecular flexibility index (Phi) is 5.22. The Labute approximate surface area is 174 Å². The molecule has 2 aromatic carbocycles. The topological polar surface area (TPSA) is 79.6 Å². The molecule has 7 nitrogen and oxygen atoms in total. The van der Waals surface area contributed by atoms with E-state index in [0.29, 0.717) is 29.7 Å². The maximum atomic E-state index is 13.3. The van der Waals surface area contributed by atoms with Crippen LogP contribution in [0, 0.1) is 10.1 Å². The van der Waals surface area contributed by atoms with E-state index in [1.54, 1.807) is 24.4 Å². The number of hydrogen-bond acceptors (Lipinski definition) is 5. The lowest BCUT2D eigenvalue weighted by Gasteiger charge is -2.36. The lowest BCUT2D eigenvalue weighted by Crippen LogP contribution is -2.49. The van der Waals surface area contributed by atoms with E-state index in [1.807, 2.05) is 4.90 Å². The fourth-order valence-electron chi connectivity index (χ4n) is 3.79. The third-order valence-corrected chi connectivity index (χ3v) is 5.29. The molecule has 0 saturated carbocycles. The number of carbonyl (C=O) groups excluding carboxylic acids is 1. The van der Waals surface area contributed by atoms with Crippen molar-refractivity contribution in [3.63, 3.8) is 0 Å². The van der Waals surface area contributed by atoms with Gasteiger partial charge in [0.1, 0.15) is 5.52 Å². The Morgan fingerprint density at radius 1 is 1.00 bits per heavy atom. The predicted octanol–water partition coefficient (Wildman–Crippen LogP) is 4.12. The van der Waals surface area contributed by atoms with Crippen LogP contribution in [0.2, 0.25) is 0 Å². The minimum atomic E-state index is -4.61. The molecular formula is C21H17F3N4O3. The van der Waals surface area contributed by atoms with Crippen molar-refractivity contribution in [1.29, 1.82) is 0 Å². The molecule has 1 aliphatic rings. The lowest BCUT2D eigenvalue weighted by atomic mass is 10.1. The lowest BCUT2D eigenvalue weighted by molar-refractivity contribution is -0.383. The second-order valence-corrected chi connectivity index (χ2v) is 7.08. The maximum absolute atomic E-state index is 13.3. The van der Waals surface area contributed by atoms with Crippen LogP contribution in [-0.4, -0.2) is 46.9 Å². The minimum Gasteiger partial charge on any atom is -0.366 e. The van der Waals surface area contributed by atoms with Gasteiger partial charge in [-0.05, 0) is 30.3 Å². The van der Waals surface area contributed by atoms with Gasteiger partial charge in [0.25, 0.3) is 11.6 Å². The molecule has 0 bridgehead atoms. The quantitative estimate of drug-likeness (QED) is 0.461. The van der Waals surface area contributed by atoms with Crippen molar-refractivity contribution in [2.75, 3.05) is 31.1 Å². The molecule has 1 saturated heterocycles. The summed E-state index contributed by atoms with van der Waals surface area (Å²) < 4.78 is 39.8. The van der Waals surface area contributed by atoms with Crippen molar-refractivity contribution < 1.29 is 22.9 Å². The first-order valence-corrected chi connectivity index (χ1v) is 9.50. The van der Waals surface area contributed by atoms with E-state index in [1.165, 1.54) is 29.2 Å². The van der Waals surface area contributed by atoms with Crippen LogP contribution < -0.4 is 4.90 Å². The fraction of sp³-hybridized carbons (Fsp3) is 0.238. The number of anilines is 1. The summed E-state index contributed by atoms with van der Waals surface area (Å²) in [7, 11) is 0. The smallest absolute Gasteiger partial charge is 0.366 e. The second-order valence-electron chi connectivity index (χ2n) is 7.08. The summed E-state index contributed by atoms with van der Waals surface area (Å²) >= 11 is 0. The number of aromatic nitrogens is 1. The molecule has 1 aliphatic heterocycles. The molecule has 0 aliphatic carbocycles.